The highest BCUT2D eigenvalue weighted by atomic mass is 19.1. The van der Waals surface area contributed by atoms with Crippen LogP contribution in [0.1, 0.15) is 38.7 Å². The quantitative estimate of drug-likeness (QED) is 0.788. The van der Waals surface area contributed by atoms with E-state index in [-0.39, 0.29) is 17.1 Å². The number of allylic oxidation sites excluding steroid dienone is 1. The Morgan fingerprint density at radius 2 is 2.08 bits per heavy atom. The topological polar surface area (TPSA) is 23.6 Å². The average Bonchev–Trinajstić information content (AvgIpc) is 2.97. The number of nitrogens with zero attached hydrogens (tertiary/aromatic N) is 2. The molecule has 2 aliphatic heterocycles. The summed E-state index contributed by atoms with van der Waals surface area (Å²) in [5.41, 5.74) is 1.71. The van der Waals surface area contributed by atoms with E-state index in [1.165, 1.54) is 11.6 Å². The molecule has 130 valence electrons. The molecule has 0 N–H and O–H groups in total. The van der Waals surface area contributed by atoms with Crippen LogP contribution >= 0.6 is 0 Å². The van der Waals surface area contributed by atoms with E-state index in [0.717, 1.165) is 45.4 Å². The number of hydrogen-bond acceptors (Lipinski definition) is 2. The second-order valence-corrected chi connectivity index (χ2v) is 7.30. The molecule has 0 radical (unpaired) electrons. The number of carbonyl (C=O) groups excluding carboxylic acids is 1. The largest absolute Gasteiger partial charge is 0.338 e. The van der Waals surface area contributed by atoms with Gasteiger partial charge in [-0.15, -0.1) is 0 Å². The number of hydrogen-bond donors (Lipinski definition) is 0. The van der Waals surface area contributed by atoms with Gasteiger partial charge in [-0.3, -0.25) is 9.69 Å². The van der Waals surface area contributed by atoms with Crippen LogP contribution in [0.2, 0.25) is 0 Å². The van der Waals surface area contributed by atoms with E-state index in [9.17, 15) is 9.18 Å². The third-order valence-electron chi connectivity index (χ3n) is 5.54. The fourth-order valence-corrected chi connectivity index (χ4v) is 4.05. The summed E-state index contributed by atoms with van der Waals surface area (Å²) in [5.74, 6) is -0.000635. The fourth-order valence-electron chi connectivity index (χ4n) is 4.05. The van der Waals surface area contributed by atoms with Gasteiger partial charge in [0.1, 0.15) is 5.82 Å². The Bertz CT molecular complexity index is 642. The molecule has 1 aromatic carbocycles. The van der Waals surface area contributed by atoms with Gasteiger partial charge in [-0.25, -0.2) is 4.39 Å². The first-order valence-electron chi connectivity index (χ1n) is 8.91. The van der Waals surface area contributed by atoms with Crippen LogP contribution in [-0.4, -0.2) is 41.9 Å². The molecule has 1 aromatic rings. The first-order chi connectivity index (χ1) is 11.5. The molecule has 3 nitrogen and oxygen atoms in total. The highest BCUT2D eigenvalue weighted by Gasteiger charge is 2.48. The Balaban J connectivity index is 1.70. The molecule has 2 fully saturated rings. The van der Waals surface area contributed by atoms with Crippen molar-refractivity contribution in [2.45, 2.75) is 39.7 Å². The maximum absolute atomic E-state index is 13.9. The van der Waals surface area contributed by atoms with Crippen molar-refractivity contribution in [3.63, 3.8) is 0 Å². The average molecular weight is 330 g/mol. The first kappa shape index (κ1) is 17.2. The van der Waals surface area contributed by atoms with E-state index in [1.54, 1.807) is 12.1 Å². The first-order valence-corrected chi connectivity index (χ1v) is 8.91. The molecular formula is C20H27FN2O. The van der Waals surface area contributed by atoms with Crippen molar-refractivity contribution in [1.29, 1.82) is 0 Å². The minimum atomic E-state index is -0.252. The van der Waals surface area contributed by atoms with Crippen molar-refractivity contribution in [3.8, 4) is 0 Å². The molecule has 0 bridgehead atoms. The summed E-state index contributed by atoms with van der Waals surface area (Å²) in [6.45, 7) is 8.08. The summed E-state index contributed by atoms with van der Waals surface area (Å²) >= 11 is 0. The molecule has 1 atom stereocenters. The number of amides is 1. The monoisotopic (exact) mass is 330 g/mol. The normalized spacial score (nSPS) is 25.7. The molecule has 24 heavy (non-hydrogen) atoms. The lowest BCUT2D eigenvalue weighted by Gasteiger charge is -2.39. The molecule has 2 heterocycles. The summed E-state index contributed by atoms with van der Waals surface area (Å²) in [4.78, 5) is 17.4. The minimum Gasteiger partial charge on any atom is -0.338 e. The number of carbonyl (C=O) groups is 1. The van der Waals surface area contributed by atoms with Crippen molar-refractivity contribution in [2.24, 2.45) is 5.41 Å². The Labute approximate surface area is 144 Å². The maximum atomic E-state index is 13.9. The molecule has 0 aliphatic carbocycles. The molecule has 0 aromatic heterocycles. The number of benzene rings is 1. The van der Waals surface area contributed by atoms with E-state index in [0.29, 0.717) is 12.1 Å². The number of piperidine rings is 1. The fraction of sp³-hybridized carbons (Fsp3) is 0.550. The third-order valence-corrected chi connectivity index (χ3v) is 5.54. The summed E-state index contributed by atoms with van der Waals surface area (Å²) < 4.78 is 13.9. The number of halogens is 1. The van der Waals surface area contributed by atoms with Gasteiger partial charge in [-0.2, -0.15) is 0 Å². The highest BCUT2D eigenvalue weighted by molar-refractivity contribution is 5.84. The Morgan fingerprint density at radius 3 is 2.83 bits per heavy atom. The lowest BCUT2D eigenvalue weighted by Crippen LogP contribution is -2.49. The van der Waals surface area contributed by atoms with Crippen molar-refractivity contribution >= 4 is 5.91 Å². The zero-order valence-corrected chi connectivity index (χ0v) is 14.7. The van der Waals surface area contributed by atoms with Gasteiger partial charge in [0.2, 0.25) is 5.91 Å². The van der Waals surface area contributed by atoms with Crippen molar-refractivity contribution in [2.75, 3.05) is 26.2 Å². The Hall–Kier alpha value is -1.68. The molecular weight excluding hydrogens is 303 g/mol. The summed E-state index contributed by atoms with van der Waals surface area (Å²) in [6, 6.07) is 6.77. The van der Waals surface area contributed by atoms with E-state index in [1.807, 2.05) is 11.0 Å². The van der Waals surface area contributed by atoms with Gasteiger partial charge in [0.15, 0.2) is 0 Å². The lowest BCUT2D eigenvalue weighted by molar-refractivity contribution is -0.146. The summed E-state index contributed by atoms with van der Waals surface area (Å²) in [7, 11) is 0. The molecule has 1 amide bonds. The van der Waals surface area contributed by atoms with Crippen LogP contribution in [0.5, 0.6) is 0 Å². The number of likely N-dealkylation sites (tertiary alicyclic amines) is 2. The lowest BCUT2D eigenvalue weighted by atomic mass is 9.78. The molecule has 0 unspecified atom stereocenters. The Morgan fingerprint density at radius 1 is 1.29 bits per heavy atom. The van der Waals surface area contributed by atoms with Crippen LogP contribution in [-0.2, 0) is 11.3 Å². The highest BCUT2D eigenvalue weighted by Crippen LogP contribution is 2.40. The van der Waals surface area contributed by atoms with Crippen molar-refractivity contribution in [3.05, 3.63) is 47.3 Å². The van der Waals surface area contributed by atoms with Crippen LogP contribution in [0.25, 0.3) is 0 Å². The van der Waals surface area contributed by atoms with Gasteiger partial charge in [0.05, 0.1) is 5.41 Å². The van der Waals surface area contributed by atoms with Gasteiger partial charge in [-0.1, -0.05) is 29.8 Å². The van der Waals surface area contributed by atoms with Crippen molar-refractivity contribution < 1.29 is 9.18 Å². The minimum absolute atomic E-state index is 0.220. The van der Waals surface area contributed by atoms with Crippen LogP contribution in [0.15, 0.2) is 35.9 Å². The zero-order chi connectivity index (χ0) is 17.2. The zero-order valence-electron chi connectivity index (χ0n) is 14.7. The third kappa shape index (κ3) is 3.39. The van der Waals surface area contributed by atoms with Gasteiger partial charge < -0.3 is 4.90 Å². The van der Waals surface area contributed by atoms with Crippen molar-refractivity contribution in [1.82, 2.24) is 9.80 Å². The van der Waals surface area contributed by atoms with Crippen LogP contribution in [0.4, 0.5) is 4.39 Å². The smallest absolute Gasteiger partial charge is 0.230 e. The summed E-state index contributed by atoms with van der Waals surface area (Å²) in [6.07, 6.45) is 5.04. The van der Waals surface area contributed by atoms with E-state index < -0.39 is 0 Å². The van der Waals surface area contributed by atoms with Crippen LogP contribution < -0.4 is 0 Å². The molecule has 3 rings (SSSR count). The van der Waals surface area contributed by atoms with E-state index in [4.69, 9.17) is 0 Å². The Kier molecular flexibility index (Phi) is 5.04. The van der Waals surface area contributed by atoms with Crippen LogP contribution in [0.3, 0.4) is 0 Å². The standard InChI is InChI=1S/C20H27FN2O/c1-3-16(2)13-22-12-10-20(15-22)9-6-11-23(19(20)24)14-17-7-4-5-8-18(17)21/h3-5,7-8H,6,9-15H2,1-2H3/b16-3+/t20-/m1/s1. The predicted octanol–water partition coefficient (Wildman–Crippen LogP) is 3.61. The van der Waals surface area contributed by atoms with Gasteiger partial charge >= 0.3 is 0 Å². The van der Waals surface area contributed by atoms with E-state index in [2.05, 4.69) is 24.8 Å². The molecule has 0 saturated carbocycles. The van der Waals surface area contributed by atoms with E-state index >= 15 is 0 Å². The second kappa shape index (κ2) is 7.06. The predicted molar refractivity (Wildman–Crippen MR) is 94.0 cm³/mol. The van der Waals surface area contributed by atoms with Gasteiger partial charge in [0, 0.05) is 31.7 Å². The van der Waals surface area contributed by atoms with Gasteiger partial charge in [0.25, 0.3) is 0 Å². The van der Waals surface area contributed by atoms with Crippen LogP contribution in [0, 0.1) is 11.2 Å². The number of rotatable bonds is 4. The maximum Gasteiger partial charge on any atom is 0.230 e. The molecule has 4 heteroatoms. The second-order valence-electron chi connectivity index (χ2n) is 7.30. The molecule has 2 saturated heterocycles. The van der Waals surface area contributed by atoms with Gasteiger partial charge in [-0.05, 0) is 45.7 Å². The molecule has 1 spiro atoms. The molecule has 2 aliphatic rings. The summed E-state index contributed by atoms with van der Waals surface area (Å²) in [5, 5.41) is 0. The SMILES string of the molecule is C/C=C(\C)CN1CC[C@]2(CCCN(Cc3ccccc3F)C2=O)C1.